The summed E-state index contributed by atoms with van der Waals surface area (Å²) in [6, 6.07) is 4.75. The fraction of sp³-hybridized carbons (Fsp3) is 0.231. The van der Waals surface area contributed by atoms with Gasteiger partial charge < -0.3 is 10.4 Å². The lowest BCUT2D eigenvalue weighted by molar-refractivity contribution is -0.131. The molecule has 0 aliphatic rings. The molecule has 1 aromatic rings. The quantitative estimate of drug-likeness (QED) is 0.806. The molecular weight excluding hydrogens is 254 g/mol. The Hall–Kier alpha value is -1.81. The Kier molecular flexibility index (Phi) is 5.39. The first kappa shape index (κ1) is 14.3. The molecule has 1 rings (SSSR count). The molecule has 0 saturated heterocycles. The van der Waals surface area contributed by atoms with E-state index in [-0.39, 0.29) is 5.91 Å². The maximum Gasteiger partial charge on any atom is 0.328 e. The van der Waals surface area contributed by atoms with E-state index in [1.165, 1.54) is 12.1 Å². The van der Waals surface area contributed by atoms with Crippen LogP contribution < -0.4 is 5.32 Å². The van der Waals surface area contributed by atoms with Gasteiger partial charge in [0.1, 0.15) is 0 Å². The molecule has 1 aromatic carbocycles. The van der Waals surface area contributed by atoms with Gasteiger partial charge in [-0.25, -0.2) is 4.79 Å². The van der Waals surface area contributed by atoms with Crippen LogP contribution in [0.25, 0.3) is 6.08 Å². The second kappa shape index (κ2) is 6.81. The highest BCUT2D eigenvalue weighted by molar-refractivity contribution is 6.32. The summed E-state index contributed by atoms with van der Waals surface area (Å²) >= 11 is 5.97. The topological polar surface area (TPSA) is 66.4 Å². The summed E-state index contributed by atoms with van der Waals surface area (Å²) in [6.45, 7) is 2.57. The van der Waals surface area contributed by atoms with Gasteiger partial charge in [0.05, 0.1) is 0 Å². The summed E-state index contributed by atoms with van der Waals surface area (Å²) in [5, 5.41) is 11.6. The molecule has 2 N–H and O–H groups in total. The van der Waals surface area contributed by atoms with Gasteiger partial charge >= 0.3 is 5.97 Å². The number of halogens is 1. The molecule has 0 aromatic heterocycles. The standard InChI is InChI=1S/C13H14ClNO3/c1-2-7-15-13(18)10-4-3-9(11(14)8-10)5-6-12(16)17/h3-6,8H,2,7H2,1H3,(H,15,18)(H,16,17)/b6-5+. The second-order valence-electron chi connectivity index (χ2n) is 3.66. The average Bonchev–Trinajstić information content (AvgIpc) is 2.34. The van der Waals surface area contributed by atoms with Gasteiger partial charge in [-0.15, -0.1) is 0 Å². The summed E-state index contributed by atoms with van der Waals surface area (Å²) in [6.07, 6.45) is 3.25. The minimum absolute atomic E-state index is 0.187. The third-order valence-corrected chi connectivity index (χ3v) is 2.53. The Bertz CT molecular complexity index is 483. The number of rotatable bonds is 5. The van der Waals surface area contributed by atoms with Crippen molar-refractivity contribution in [1.82, 2.24) is 5.32 Å². The van der Waals surface area contributed by atoms with E-state index in [1.54, 1.807) is 12.1 Å². The van der Waals surface area contributed by atoms with Crippen LogP contribution in [0.3, 0.4) is 0 Å². The smallest absolute Gasteiger partial charge is 0.328 e. The maximum atomic E-state index is 11.7. The molecule has 1 amide bonds. The number of benzene rings is 1. The monoisotopic (exact) mass is 267 g/mol. The number of carboxylic acid groups (broad SMARTS) is 1. The second-order valence-corrected chi connectivity index (χ2v) is 4.07. The number of carbonyl (C=O) groups is 2. The van der Waals surface area contributed by atoms with Crippen molar-refractivity contribution in [3.05, 3.63) is 40.4 Å². The van der Waals surface area contributed by atoms with E-state index in [4.69, 9.17) is 16.7 Å². The molecule has 0 fully saturated rings. The van der Waals surface area contributed by atoms with Gasteiger partial charge in [0.25, 0.3) is 5.91 Å². The summed E-state index contributed by atoms with van der Waals surface area (Å²) in [5.41, 5.74) is 1.02. The normalized spacial score (nSPS) is 10.6. The Morgan fingerprint density at radius 2 is 2.17 bits per heavy atom. The fourth-order valence-corrected chi connectivity index (χ4v) is 1.55. The molecular formula is C13H14ClNO3. The first-order chi connectivity index (χ1) is 8.54. The van der Waals surface area contributed by atoms with Gasteiger partial charge in [0.2, 0.25) is 0 Å². The minimum Gasteiger partial charge on any atom is -0.478 e. The van der Waals surface area contributed by atoms with Crippen LogP contribution >= 0.6 is 11.6 Å². The van der Waals surface area contributed by atoms with Crippen molar-refractivity contribution in [3.8, 4) is 0 Å². The predicted octanol–water partition coefficient (Wildman–Crippen LogP) is 2.58. The van der Waals surface area contributed by atoms with Crippen LogP contribution in [0.15, 0.2) is 24.3 Å². The zero-order valence-corrected chi connectivity index (χ0v) is 10.7. The molecule has 5 heteroatoms. The van der Waals surface area contributed by atoms with E-state index >= 15 is 0 Å². The predicted molar refractivity (Wildman–Crippen MR) is 70.7 cm³/mol. The van der Waals surface area contributed by atoms with Crippen LogP contribution in [0, 0.1) is 0 Å². The Balaban J connectivity index is 2.85. The molecule has 0 bridgehead atoms. The van der Waals surface area contributed by atoms with Crippen molar-refractivity contribution in [2.45, 2.75) is 13.3 Å². The van der Waals surface area contributed by atoms with Gasteiger partial charge in [-0.2, -0.15) is 0 Å². The van der Waals surface area contributed by atoms with Crippen molar-refractivity contribution >= 4 is 29.6 Å². The van der Waals surface area contributed by atoms with E-state index in [0.717, 1.165) is 12.5 Å². The van der Waals surface area contributed by atoms with Crippen LogP contribution in [0.4, 0.5) is 0 Å². The molecule has 0 radical (unpaired) electrons. The number of carboxylic acids is 1. The first-order valence-electron chi connectivity index (χ1n) is 5.53. The molecule has 0 saturated carbocycles. The van der Waals surface area contributed by atoms with Crippen molar-refractivity contribution in [2.24, 2.45) is 0 Å². The van der Waals surface area contributed by atoms with Gasteiger partial charge in [-0.3, -0.25) is 4.79 Å². The van der Waals surface area contributed by atoms with Crippen LogP contribution in [0.1, 0.15) is 29.3 Å². The number of hydrogen-bond acceptors (Lipinski definition) is 2. The zero-order chi connectivity index (χ0) is 13.5. The molecule has 4 nitrogen and oxygen atoms in total. The highest BCUT2D eigenvalue weighted by Crippen LogP contribution is 2.19. The maximum absolute atomic E-state index is 11.7. The van der Waals surface area contributed by atoms with Crippen molar-refractivity contribution in [2.75, 3.05) is 6.54 Å². The molecule has 96 valence electrons. The minimum atomic E-state index is -1.05. The summed E-state index contributed by atoms with van der Waals surface area (Å²) in [7, 11) is 0. The van der Waals surface area contributed by atoms with Crippen LogP contribution in [0.5, 0.6) is 0 Å². The van der Waals surface area contributed by atoms with Gasteiger partial charge in [0.15, 0.2) is 0 Å². The van der Waals surface area contributed by atoms with Gasteiger partial charge in [-0.1, -0.05) is 24.6 Å². The Morgan fingerprint density at radius 3 is 2.72 bits per heavy atom. The average molecular weight is 268 g/mol. The summed E-state index contributed by atoms with van der Waals surface area (Å²) in [4.78, 5) is 22.0. The highest BCUT2D eigenvalue weighted by atomic mass is 35.5. The first-order valence-corrected chi connectivity index (χ1v) is 5.91. The third kappa shape index (κ3) is 4.22. The number of aliphatic carboxylic acids is 1. The fourth-order valence-electron chi connectivity index (χ4n) is 1.31. The van der Waals surface area contributed by atoms with Crippen LogP contribution in [-0.2, 0) is 4.79 Å². The number of amides is 1. The SMILES string of the molecule is CCCNC(=O)c1ccc(/C=C/C(=O)O)c(Cl)c1. The van der Waals surface area contributed by atoms with E-state index < -0.39 is 5.97 Å². The van der Waals surface area contributed by atoms with Crippen LogP contribution in [0.2, 0.25) is 5.02 Å². The Labute approximate surface area is 110 Å². The lowest BCUT2D eigenvalue weighted by atomic mass is 10.1. The van der Waals surface area contributed by atoms with Crippen molar-refractivity contribution < 1.29 is 14.7 Å². The van der Waals surface area contributed by atoms with Crippen molar-refractivity contribution in [1.29, 1.82) is 0 Å². The molecule has 0 aliphatic carbocycles. The van der Waals surface area contributed by atoms with Gasteiger partial charge in [-0.05, 0) is 30.2 Å². The van der Waals surface area contributed by atoms with E-state index in [0.29, 0.717) is 22.7 Å². The van der Waals surface area contributed by atoms with Crippen LogP contribution in [-0.4, -0.2) is 23.5 Å². The number of carbonyl (C=O) groups excluding carboxylic acids is 1. The largest absolute Gasteiger partial charge is 0.478 e. The lowest BCUT2D eigenvalue weighted by Crippen LogP contribution is -2.23. The molecule has 18 heavy (non-hydrogen) atoms. The molecule has 0 aliphatic heterocycles. The third-order valence-electron chi connectivity index (χ3n) is 2.20. The number of hydrogen-bond donors (Lipinski definition) is 2. The molecule has 0 spiro atoms. The molecule has 0 unspecified atom stereocenters. The lowest BCUT2D eigenvalue weighted by Gasteiger charge is -2.05. The highest BCUT2D eigenvalue weighted by Gasteiger charge is 2.06. The van der Waals surface area contributed by atoms with Gasteiger partial charge in [0, 0.05) is 23.2 Å². The molecule has 0 atom stereocenters. The summed E-state index contributed by atoms with van der Waals surface area (Å²) < 4.78 is 0. The van der Waals surface area contributed by atoms with E-state index in [9.17, 15) is 9.59 Å². The van der Waals surface area contributed by atoms with Crippen molar-refractivity contribution in [3.63, 3.8) is 0 Å². The number of nitrogens with one attached hydrogen (secondary N) is 1. The van der Waals surface area contributed by atoms with E-state index in [2.05, 4.69) is 5.32 Å². The zero-order valence-electron chi connectivity index (χ0n) is 9.94. The Morgan fingerprint density at radius 1 is 1.44 bits per heavy atom. The molecule has 0 heterocycles. The summed E-state index contributed by atoms with van der Waals surface area (Å²) in [5.74, 6) is -1.23. The van der Waals surface area contributed by atoms with E-state index in [1.807, 2.05) is 6.92 Å².